The molecule has 1 unspecified atom stereocenters. The fraction of sp³-hybridized carbons (Fsp3) is 0.222. The van der Waals surface area contributed by atoms with Gasteiger partial charge in [0.2, 0.25) is 11.8 Å². The molecule has 0 spiro atoms. The van der Waals surface area contributed by atoms with Gasteiger partial charge >= 0.3 is 5.97 Å². The summed E-state index contributed by atoms with van der Waals surface area (Å²) in [4.78, 5) is 20.5. The van der Waals surface area contributed by atoms with Gasteiger partial charge in [-0.2, -0.15) is 0 Å². The summed E-state index contributed by atoms with van der Waals surface area (Å²) in [6, 6.07) is 22.5. The van der Waals surface area contributed by atoms with Gasteiger partial charge in [-0.25, -0.2) is 14.8 Å². The molecule has 34 heavy (non-hydrogen) atoms. The standard InChI is InChI=1S/C27H26N2O5/c1-3-24(27(30)31)34-21-12-7-11-20(17-21)23-13-8-14-25(28-23)32-16-15-22-18(2)33-26(29-22)19-9-5-4-6-10-19/h4-14,17,24H,3,15-16H2,1-2H3,(H,30,31). The van der Waals surface area contributed by atoms with E-state index in [9.17, 15) is 9.90 Å². The molecule has 0 amide bonds. The first-order chi connectivity index (χ1) is 16.5. The molecule has 2 aromatic heterocycles. The van der Waals surface area contributed by atoms with E-state index in [1.54, 1.807) is 25.1 Å². The minimum atomic E-state index is -0.986. The Labute approximate surface area is 198 Å². The molecule has 7 heteroatoms. The van der Waals surface area contributed by atoms with Crippen LogP contribution >= 0.6 is 0 Å². The predicted molar refractivity (Wildman–Crippen MR) is 128 cm³/mol. The fourth-order valence-electron chi connectivity index (χ4n) is 3.47. The Bertz CT molecular complexity index is 1250. The zero-order valence-electron chi connectivity index (χ0n) is 19.1. The quantitative estimate of drug-likeness (QED) is 0.332. The maximum atomic E-state index is 11.3. The average molecular weight is 459 g/mol. The Hall–Kier alpha value is -4.13. The molecule has 2 aromatic carbocycles. The van der Waals surface area contributed by atoms with E-state index in [-0.39, 0.29) is 0 Å². The molecule has 1 atom stereocenters. The highest BCUT2D eigenvalue weighted by Crippen LogP contribution is 2.26. The molecule has 4 aromatic rings. The number of carboxylic acids is 1. The smallest absolute Gasteiger partial charge is 0.344 e. The normalized spacial score (nSPS) is 11.7. The summed E-state index contributed by atoms with van der Waals surface area (Å²) in [6.07, 6.45) is 0.0736. The number of nitrogens with zero attached hydrogens (tertiary/aromatic N) is 2. The monoisotopic (exact) mass is 458 g/mol. The molecular formula is C27H26N2O5. The van der Waals surface area contributed by atoms with Gasteiger partial charge in [0, 0.05) is 23.6 Å². The number of carbonyl (C=O) groups is 1. The summed E-state index contributed by atoms with van der Waals surface area (Å²) in [5.41, 5.74) is 3.30. The molecule has 0 saturated heterocycles. The Morgan fingerprint density at radius 3 is 2.53 bits per heavy atom. The number of pyridine rings is 1. The highest BCUT2D eigenvalue weighted by atomic mass is 16.5. The second-order valence-corrected chi connectivity index (χ2v) is 7.73. The Balaban J connectivity index is 1.41. The lowest BCUT2D eigenvalue weighted by atomic mass is 10.1. The van der Waals surface area contributed by atoms with Gasteiger partial charge in [0.15, 0.2) is 6.10 Å². The fourth-order valence-corrected chi connectivity index (χ4v) is 3.47. The first kappa shape index (κ1) is 23.0. The van der Waals surface area contributed by atoms with Crippen molar-refractivity contribution in [1.29, 1.82) is 0 Å². The maximum Gasteiger partial charge on any atom is 0.344 e. The second kappa shape index (κ2) is 10.7. The molecule has 0 aliphatic heterocycles. The molecule has 0 radical (unpaired) electrons. The number of oxazole rings is 1. The lowest BCUT2D eigenvalue weighted by Crippen LogP contribution is -2.25. The molecule has 0 aliphatic rings. The molecule has 0 aliphatic carbocycles. The molecule has 0 fully saturated rings. The number of aromatic nitrogens is 2. The minimum absolute atomic E-state index is 0.374. The lowest BCUT2D eigenvalue weighted by molar-refractivity contribution is -0.145. The first-order valence-electron chi connectivity index (χ1n) is 11.1. The molecular weight excluding hydrogens is 432 g/mol. The number of aryl methyl sites for hydroxylation is 1. The van der Waals surface area contributed by atoms with Crippen LogP contribution in [-0.2, 0) is 11.2 Å². The van der Waals surface area contributed by atoms with E-state index in [1.165, 1.54) is 0 Å². The van der Waals surface area contributed by atoms with Crippen molar-refractivity contribution in [3.8, 4) is 34.3 Å². The summed E-state index contributed by atoms with van der Waals surface area (Å²) < 4.78 is 17.3. The topological polar surface area (TPSA) is 94.7 Å². The second-order valence-electron chi connectivity index (χ2n) is 7.73. The van der Waals surface area contributed by atoms with Crippen LogP contribution in [0.4, 0.5) is 0 Å². The van der Waals surface area contributed by atoms with Gasteiger partial charge in [-0.1, -0.05) is 43.3 Å². The van der Waals surface area contributed by atoms with Crippen molar-refractivity contribution in [3.05, 3.63) is 84.3 Å². The Morgan fingerprint density at radius 2 is 1.76 bits per heavy atom. The van der Waals surface area contributed by atoms with Gasteiger partial charge in [-0.05, 0) is 43.7 Å². The summed E-state index contributed by atoms with van der Waals surface area (Å²) in [7, 11) is 0. The van der Waals surface area contributed by atoms with Gasteiger partial charge < -0.3 is 19.0 Å². The molecule has 174 valence electrons. The van der Waals surface area contributed by atoms with Crippen molar-refractivity contribution in [2.24, 2.45) is 0 Å². The van der Waals surface area contributed by atoms with E-state index in [0.29, 0.717) is 42.7 Å². The molecule has 4 rings (SSSR count). The zero-order valence-corrected chi connectivity index (χ0v) is 19.1. The molecule has 2 heterocycles. The highest BCUT2D eigenvalue weighted by Gasteiger charge is 2.17. The molecule has 1 N–H and O–H groups in total. The largest absolute Gasteiger partial charge is 0.479 e. The Kier molecular flexibility index (Phi) is 7.22. The first-order valence-corrected chi connectivity index (χ1v) is 11.1. The van der Waals surface area contributed by atoms with E-state index >= 15 is 0 Å². The van der Waals surface area contributed by atoms with Crippen molar-refractivity contribution in [2.45, 2.75) is 32.8 Å². The van der Waals surface area contributed by atoms with E-state index in [0.717, 1.165) is 22.6 Å². The maximum absolute atomic E-state index is 11.3. The Morgan fingerprint density at radius 1 is 1.00 bits per heavy atom. The third kappa shape index (κ3) is 5.61. The van der Waals surface area contributed by atoms with E-state index in [4.69, 9.17) is 13.9 Å². The zero-order chi connectivity index (χ0) is 23.9. The van der Waals surface area contributed by atoms with Crippen LogP contribution in [0.15, 0.2) is 77.2 Å². The van der Waals surface area contributed by atoms with Gasteiger partial charge in [-0.3, -0.25) is 0 Å². The van der Waals surface area contributed by atoms with E-state index in [2.05, 4.69) is 9.97 Å². The van der Waals surface area contributed by atoms with Gasteiger partial charge in [-0.15, -0.1) is 0 Å². The van der Waals surface area contributed by atoms with Gasteiger partial charge in [0.25, 0.3) is 0 Å². The van der Waals surface area contributed by atoms with Gasteiger partial charge in [0.05, 0.1) is 18.0 Å². The predicted octanol–water partition coefficient (Wildman–Crippen LogP) is 5.58. The summed E-state index contributed by atoms with van der Waals surface area (Å²) in [5, 5.41) is 9.23. The average Bonchev–Trinajstić information content (AvgIpc) is 3.23. The van der Waals surface area contributed by atoms with Crippen LogP contribution in [0.2, 0.25) is 0 Å². The minimum Gasteiger partial charge on any atom is -0.479 e. The number of benzene rings is 2. The number of hydrogen-bond donors (Lipinski definition) is 1. The van der Waals surface area contributed by atoms with Crippen LogP contribution in [0.1, 0.15) is 24.8 Å². The number of aliphatic carboxylic acids is 1. The van der Waals surface area contributed by atoms with Gasteiger partial charge in [0.1, 0.15) is 11.5 Å². The van der Waals surface area contributed by atoms with Crippen LogP contribution in [0.5, 0.6) is 11.6 Å². The number of rotatable bonds is 10. The number of carboxylic acid groups (broad SMARTS) is 1. The van der Waals surface area contributed by atoms with Crippen molar-refractivity contribution in [1.82, 2.24) is 9.97 Å². The summed E-state index contributed by atoms with van der Waals surface area (Å²) in [6.45, 7) is 4.07. The van der Waals surface area contributed by atoms with E-state index in [1.807, 2.05) is 61.5 Å². The third-order valence-corrected chi connectivity index (χ3v) is 5.28. The van der Waals surface area contributed by atoms with Crippen LogP contribution in [0.25, 0.3) is 22.7 Å². The third-order valence-electron chi connectivity index (χ3n) is 5.28. The van der Waals surface area contributed by atoms with Crippen molar-refractivity contribution in [2.75, 3.05) is 6.61 Å². The van der Waals surface area contributed by atoms with Crippen LogP contribution < -0.4 is 9.47 Å². The van der Waals surface area contributed by atoms with Crippen molar-refractivity contribution in [3.63, 3.8) is 0 Å². The number of hydrogen-bond acceptors (Lipinski definition) is 6. The lowest BCUT2D eigenvalue weighted by Gasteiger charge is -2.14. The summed E-state index contributed by atoms with van der Waals surface area (Å²) >= 11 is 0. The molecule has 0 saturated carbocycles. The van der Waals surface area contributed by atoms with E-state index < -0.39 is 12.1 Å². The highest BCUT2D eigenvalue weighted by molar-refractivity contribution is 5.73. The molecule has 7 nitrogen and oxygen atoms in total. The van der Waals surface area contributed by atoms with Crippen molar-refractivity contribution < 1.29 is 23.8 Å². The van der Waals surface area contributed by atoms with Crippen LogP contribution in [0, 0.1) is 6.92 Å². The van der Waals surface area contributed by atoms with Crippen LogP contribution in [0.3, 0.4) is 0 Å². The summed E-state index contributed by atoms with van der Waals surface area (Å²) in [5.74, 6) is 1.36. The SMILES string of the molecule is CCC(Oc1cccc(-c2cccc(OCCc3nc(-c4ccccc4)oc3C)n2)c1)C(=O)O. The van der Waals surface area contributed by atoms with Crippen molar-refractivity contribution >= 4 is 5.97 Å². The number of ether oxygens (including phenoxy) is 2. The van der Waals surface area contributed by atoms with Crippen LogP contribution in [-0.4, -0.2) is 33.8 Å². The molecule has 0 bridgehead atoms.